The monoisotopic (exact) mass is 310 g/mol. The Morgan fingerprint density at radius 3 is 3.00 bits per heavy atom. The van der Waals surface area contributed by atoms with E-state index >= 15 is 0 Å². The molecule has 1 aliphatic rings. The van der Waals surface area contributed by atoms with Gasteiger partial charge in [0.15, 0.2) is 0 Å². The number of aromatic amines is 1. The molecule has 1 N–H and O–H groups in total. The van der Waals surface area contributed by atoms with Gasteiger partial charge in [-0.1, -0.05) is 6.07 Å². The van der Waals surface area contributed by atoms with Crippen LogP contribution in [0, 0.1) is 0 Å². The fourth-order valence-electron chi connectivity index (χ4n) is 2.37. The van der Waals surface area contributed by atoms with Crippen LogP contribution in [-0.2, 0) is 11.3 Å². The van der Waals surface area contributed by atoms with Crippen LogP contribution >= 0.6 is 0 Å². The van der Waals surface area contributed by atoms with Crippen molar-refractivity contribution in [2.24, 2.45) is 10.2 Å². The number of carbonyl (C=O) groups excluding carboxylic acids is 1. The maximum Gasteiger partial charge on any atom is 0.375 e. The lowest BCUT2D eigenvalue weighted by molar-refractivity contribution is 0.0587. The summed E-state index contributed by atoms with van der Waals surface area (Å²) in [5.41, 5.74) is 2.65. The van der Waals surface area contributed by atoms with Crippen LogP contribution in [0.4, 0.5) is 5.69 Å². The van der Waals surface area contributed by atoms with Gasteiger partial charge in [-0.15, -0.1) is 0 Å². The molecule has 3 aromatic rings. The van der Waals surface area contributed by atoms with Crippen LogP contribution in [0.1, 0.15) is 16.2 Å². The SMILES string of the molecule is COC(=O)c1nc2nc(-c3ccc4c(c3)CN=N4)cc(=O)n2[nH]1. The Hall–Kier alpha value is -3.36. The topological polar surface area (TPSA) is 114 Å². The first kappa shape index (κ1) is 13.3. The van der Waals surface area contributed by atoms with Gasteiger partial charge in [-0.3, -0.25) is 9.89 Å². The van der Waals surface area contributed by atoms with Gasteiger partial charge in [0.05, 0.1) is 25.0 Å². The molecule has 0 saturated carbocycles. The van der Waals surface area contributed by atoms with Gasteiger partial charge in [0.25, 0.3) is 11.3 Å². The first-order chi connectivity index (χ1) is 11.2. The summed E-state index contributed by atoms with van der Waals surface area (Å²) in [6, 6.07) is 6.91. The molecule has 114 valence electrons. The molecular weight excluding hydrogens is 300 g/mol. The second kappa shape index (κ2) is 4.83. The lowest BCUT2D eigenvalue weighted by atomic mass is 10.1. The van der Waals surface area contributed by atoms with Crippen molar-refractivity contribution in [3.05, 3.63) is 46.0 Å². The molecule has 0 bridgehead atoms. The Labute approximate surface area is 128 Å². The number of methoxy groups -OCH3 is 1. The second-order valence-electron chi connectivity index (χ2n) is 4.92. The number of fused-ring (bicyclic) bond motifs is 2. The molecule has 4 rings (SSSR count). The summed E-state index contributed by atoms with van der Waals surface area (Å²) < 4.78 is 5.67. The van der Waals surface area contributed by atoms with E-state index in [0.29, 0.717) is 12.2 Å². The summed E-state index contributed by atoms with van der Waals surface area (Å²) in [5, 5.41) is 10.5. The minimum atomic E-state index is -0.669. The van der Waals surface area contributed by atoms with Crippen molar-refractivity contribution in [3.63, 3.8) is 0 Å². The van der Waals surface area contributed by atoms with Gasteiger partial charge in [-0.05, 0) is 12.1 Å². The molecule has 9 nitrogen and oxygen atoms in total. The highest BCUT2D eigenvalue weighted by Gasteiger charge is 2.16. The van der Waals surface area contributed by atoms with Crippen LogP contribution < -0.4 is 5.56 Å². The predicted molar refractivity (Wildman–Crippen MR) is 78.6 cm³/mol. The molecule has 0 unspecified atom stereocenters. The summed E-state index contributed by atoms with van der Waals surface area (Å²) >= 11 is 0. The quantitative estimate of drug-likeness (QED) is 0.720. The lowest BCUT2D eigenvalue weighted by Gasteiger charge is -2.02. The number of carbonyl (C=O) groups is 1. The summed E-state index contributed by atoms with van der Waals surface area (Å²) in [7, 11) is 1.23. The largest absolute Gasteiger partial charge is 0.463 e. The molecule has 0 spiro atoms. The third-order valence-electron chi connectivity index (χ3n) is 3.50. The van der Waals surface area contributed by atoms with Crippen LogP contribution in [0.3, 0.4) is 0 Å². The van der Waals surface area contributed by atoms with Crippen molar-refractivity contribution >= 4 is 17.4 Å². The van der Waals surface area contributed by atoms with Gasteiger partial charge in [0.2, 0.25) is 5.82 Å². The highest BCUT2D eigenvalue weighted by atomic mass is 16.5. The Kier molecular flexibility index (Phi) is 2.80. The number of rotatable bonds is 2. The maximum atomic E-state index is 12.2. The van der Waals surface area contributed by atoms with E-state index < -0.39 is 5.97 Å². The van der Waals surface area contributed by atoms with Gasteiger partial charge in [0, 0.05) is 17.2 Å². The number of hydrogen-bond acceptors (Lipinski definition) is 7. The average molecular weight is 310 g/mol. The molecular formula is C14H10N6O3. The number of nitrogens with zero attached hydrogens (tertiary/aromatic N) is 5. The van der Waals surface area contributed by atoms with Crippen LogP contribution in [0.2, 0.25) is 0 Å². The normalized spacial score (nSPS) is 12.6. The van der Waals surface area contributed by atoms with E-state index in [4.69, 9.17) is 0 Å². The van der Waals surface area contributed by atoms with Crippen molar-refractivity contribution in [2.45, 2.75) is 6.54 Å². The van der Waals surface area contributed by atoms with Crippen molar-refractivity contribution in [3.8, 4) is 11.3 Å². The first-order valence-corrected chi connectivity index (χ1v) is 6.74. The molecule has 2 aromatic heterocycles. The number of esters is 1. The van der Waals surface area contributed by atoms with Gasteiger partial charge in [-0.25, -0.2) is 9.78 Å². The van der Waals surface area contributed by atoms with Crippen LogP contribution in [0.25, 0.3) is 17.0 Å². The third-order valence-corrected chi connectivity index (χ3v) is 3.50. The van der Waals surface area contributed by atoms with Gasteiger partial charge in [0.1, 0.15) is 0 Å². The van der Waals surface area contributed by atoms with Crippen LogP contribution in [0.15, 0.2) is 39.3 Å². The number of azo groups is 1. The van der Waals surface area contributed by atoms with Crippen molar-refractivity contribution in [2.75, 3.05) is 7.11 Å². The Balaban J connectivity index is 1.85. The Morgan fingerprint density at radius 1 is 1.30 bits per heavy atom. The third kappa shape index (κ3) is 2.09. The number of benzene rings is 1. The summed E-state index contributed by atoms with van der Waals surface area (Å²) in [6.45, 7) is 0.513. The van der Waals surface area contributed by atoms with Crippen molar-refractivity contribution in [1.29, 1.82) is 0 Å². The molecule has 1 aliphatic heterocycles. The van der Waals surface area contributed by atoms with E-state index in [1.807, 2.05) is 18.2 Å². The van der Waals surface area contributed by atoms with E-state index in [9.17, 15) is 9.59 Å². The Morgan fingerprint density at radius 2 is 2.17 bits per heavy atom. The second-order valence-corrected chi connectivity index (χ2v) is 4.92. The average Bonchev–Trinajstić information content (AvgIpc) is 3.19. The summed E-state index contributed by atoms with van der Waals surface area (Å²) in [4.78, 5) is 32.0. The van der Waals surface area contributed by atoms with E-state index in [0.717, 1.165) is 21.3 Å². The number of ether oxygens (including phenoxy) is 1. The molecule has 0 amide bonds. The summed E-state index contributed by atoms with van der Waals surface area (Å²) in [5.74, 6) is -0.652. The van der Waals surface area contributed by atoms with Crippen LogP contribution in [-0.4, -0.2) is 32.7 Å². The standard InChI is InChI=1S/C14H10N6O3/c1-23-13(22)12-17-14-16-10(5-11(21)20(14)19-12)7-2-3-9-8(4-7)6-15-18-9/h2-5H,6H2,1H3,(H,16,17,19). The molecule has 3 heterocycles. The molecule has 0 aliphatic carbocycles. The zero-order valence-corrected chi connectivity index (χ0v) is 12.0. The maximum absolute atomic E-state index is 12.2. The smallest absolute Gasteiger partial charge is 0.375 e. The molecule has 1 aromatic carbocycles. The molecule has 0 saturated heterocycles. The van der Waals surface area contributed by atoms with Crippen molar-refractivity contribution < 1.29 is 9.53 Å². The van der Waals surface area contributed by atoms with Crippen molar-refractivity contribution in [1.82, 2.24) is 19.6 Å². The molecule has 23 heavy (non-hydrogen) atoms. The van der Waals surface area contributed by atoms with Crippen LogP contribution in [0.5, 0.6) is 0 Å². The van der Waals surface area contributed by atoms with E-state index in [2.05, 4.69) is 30.0 Å². The highest BCUT2D eigenvalue weighted by molar-refractivity contribution is 5.85. The minimum Gasteiger partial charge on any atom is -0.463 e. The first-order valence-electron chi connectivity index (χ1n) is 6.74. The minimum absolute atomic E-state index is 0.0826. The fraction of sp³-hybridized carbons (Fsp3) is 0.143. The van der Waals surface area contributed by atoms with E-state index in [-0.39, 0.29) is 17.2 Å². The number of hydrogen-bond donors (Lipinski definition) is 1. The fourth-order valence-corrected chi connectivity index (χ4v) is 2.37. The van der Waals surface area contributed by atoms with Gasteiger partial charge < -0.3 is 4.74 Å². The number of H-pyrrole nitrogens is 1. The molecule has 9 heteroatoms. The predicted octanol–water partition coefficient (Wildman–Crippen LogP) is 1.47. The summed E-state index contributed by atoms with van der Waals surface area (Å²) in [6.07, 6.45) is 0. The zero-order chi connectivity index (χ0) is 16.0. The number of nitrogens with one attached hydrogen (secondary N) is 1. The highest BCUT2D eigenvalue weighted by Crippen LogP contribution is 2.30. The number of aromatic nitrogens is 4. The van der Waals surface area contributed by atoms with E-state index in [1.54, 1.807) is 0 Å². The molecule has 0 fully saturated rings. The van der Waals surface area contributed by atoms with Gasteiger partial charge in [-0.2, -0.15) is 19.7 Å². The Bertz CT molecular complexity index is 1030. The van der Waals surface area contributed by atoms with Gasteiger partial charge >= 0.3 is 5.97 Å². The molecule has 0 radical (unpaired) electrons. The lowest BCUT2D eigenvalue weighted by Crippen LogP contribution is -2.15. The van der Waals surface area contributed by atoms with E-state index in [1.165, 1.54) is 13.2 Å². The zero-order valence-electron chi connectivity index (χ0n) is 12.0. The molecule has 0 atom stereocenters.